The van der Waals surface area contributed by atoms with E-state index in [1.807, 2.05) is 13.8 Å². The fourth-order valence-electron chi connectivity index (χ4n) is 5.21. The molecule has 0 aliphatic carbocycles. The molecule has 0 unspecified atom stereocenters. The van der Waals surface area contributed by atoms with Crippen LogP contribution in [0.15, 0.2) is 48.8 Å². The van der Waals surface area contributed by atoms with Gasteiger partial charge in [-0.25, -0.2) is 9.97 Å². The van der Waals surface area contributed by atoms with Crippen molar-refractivity contribution in [1.82, 2.24) is 29.5 Å². The van der Waals surface area contributed by atoms with Gasteiger partial charge in [-0.3, -0.25) is 19.0 Å². The summed E-state index contributed by atoms with van der Waals surface area (Å²) in [5.74, 6) is -1.53. The van der Waals surface area contributed by atoms with E-state index in [0.29, 0.717) is 45.7 Å². The van der Waals surface area contributed by atoms with E-state index in [4.69, 9.17) is 10.7 Å². The third kappa shape index (κ3) is 4.76. The lowest BCUT2D eigenvalue weighted by atomic mass is 10.0. The van der Waals surface area contributed by atoms with Crippen LogP contribution in [0.25, 0.3) is 43.5 Å². The number of amides is 2. The minimum atomic E-state index is -4.77. The maximum atomic E-state index is 14.1. The number of pyridine rings is 2. The number of rotatable bonds is 6. The van der Waals surface area contributed by atoms with Crippen LogP contribution in [0.1, 0.15) is 44.0 Å². The topological polar surface area (TPSA) is 134 Å². The van der Waals surface area contributed by atoms with Crippen molar-refractivity contribution in [1.29, 1.82) is 0 Å². The quantitative estimate of drug-likeness (QED) is 0.231. The minimum absolute atomic E-state index is 0.0256. The number of benzene rings is 1. The minimum Gasteiger partial charge on any atom is -0.365 e. The summed E-state index contributed by atoms with van der Waals surface area (Å²) in [5.41, 5.74) is 8.50. The Labute approximate surface area is 252 Å². The van der Waals surface area contributed by atoms with Gasteiger partial charge in [0.1, 0.15) is 15.4 Å². The Morgan fingerprint density at radius 2 is 1.73 bits per heavy atom. The lowest BCUT2D eigenvalue weighted by Gasteiger charge is -2.13. The summed E-state index contributed by atoms with van der Waals surface area (Å²) >= 11 is 0.684. The number of hydrogen-bond donors (Lipinski definition) is 2. The molecule has 44 heavy (non-hydrogen) atoms. The number of thiophene rings is 1. The molecule has 2 amide bonds. The smallest absolute Gasteiger partial charge is 0.365 e. The van der Waals surface area contributed by atoms with Crippen molar-refractivity contribution in [3.63, 3.8) is 0 Å². The summed E-state index contributed by atoms with van der Waals surface area (Å²) in [6, 6.07) is 9.60. The summed E-state index contributed by atoms with van der Waals surface area (Å²) in [6.07, 6.45) is -1.66. The summed E-state index contributed by atoms with van der Waals surface area (Å²) in [4.78, 5) is 35.1. The summed E-state index contributed by atoms with van der Waals surface area (Å²) in [5, 5.41) is 12.1. The van der Waals surface area contributed by atoms with Crippen LogP contribution in [-0.4, -0.2) is 41.3 Å². The number of fused-ring (bicyclic) bond motifs is 2. The second-order valence-electron chi connectivity index (χ2n) is 10.2. The Morgan fingerprint density at radius 3 is 2.36 bits per heavy atom. The number of primary amides is 1. The van der Waals surface area contributed by atoms with Crippen LogP contribution >= 0.6 is 11.3 Å². The molecule has 0 aliphatic heterocycles. The molecule has 10 nitrogen and oxygen atoms in total. The molecule has 5 aromatic heterocycles. The summed E-state index contributed by atoms with van der Waals surface area (Å²) in [7, 11) is 1.79. The van der Waals surface area contributed by atoms with E-state index in [1.54, 1.807) is 59.9 Å². The third-order valence-corrected chi connectivity index (χ3v) is 8.68. The van der Waals surface area contributed by atoms with Crippen molar-refractivity contribution in [3.8, 4) is 22.4 Å². The molecule has 0 spiro atoms. The number of halogens is 3. The van der Waals surface area contributed by atoms with Crippen LogP contribution < -0.4 is 11.1 Å². The Morgan fingerprint density at radius 1 is 1.00 bits per heavy atom. The molecular formula is C30H25F3N8O2S. The molecule has 6 aromatic rings. The number of aromatic nitrogens is 6. The van der Waals surface area contributed by atoms with Crippen molar-refractivity contribution in [2.75, 3.05) is 5.32 Å². The first-order valence-electron chi connectivity index (χ1n) is 13.5. The SMILES string of the molecule is CCn1ncc(-c2cc(C(F)(F)F)nc3sc(C(N)=O)c(NC(=O)c4cc(-c5cnn(C)c5C)nc5ccccc45)c23)c1C. The van der Waals surface area contributed by atoms with E-state index >= 15 is 0 Å². The van der Waals surface area contributed by atoms with Gasteiger partial charge in [-0.05, 0) is 44.5 Å². The van der Waals surface area contributed by atoms with Gasteiger partial charge in [-0.15, -0.1) is 11.3 Å². The zero-order valence-corrected chi connectivity index (χ0v) is 24.8. The van der Waals surface area contributed by atoms with Crippen LogP contribution in [0.2, 0.25) is 0 Å². The van der Waals surface area contributed by atoms with Gasteiger partial charge in [-0.2, -0.15) is 23.4 Å². The molecule has 0 radical (unpaired) electrons. The molecule has 3 N–H and O–H groups in total. The first-order valence-corrected chi connectivity index (χ1v) is 14.3. The fourth-order valence-corrected chi connectivity index (χ4v) is 6.22. The monoisotopic (exact) mass is 618 g/mol. The first-order chi connectivity index (χ1) is 20.9. The van der Waals surface area contributed by atoms with Gasteiger partial charge in [0.05, 0.1) is 34.9 Å². The van der Waals surface area contributed by atoms with Crippen LogP contribution in [0, 0.1) is 13.8 Å². The Hall–Kier alpha value is -5.11. The van der Waals surface area contributed by atoms with Gasteiger partial charge in [0.2, 0.25) is 0 Å². The number of carbonyl (C=O) groups excluding carboxylic acids is 2. The fraction of sp³-hybridized carbons (Fsp3) is 0.200. The molecule has 0 saturated carbocycles. The number of anilines is 1. The van der Waals surface area contributed by atoms with E-state index in [9.17, 15) is 22.8 Å². The van der Waals surface area contributed by atoms with E-state index in [1.165, 1.54) is 6.20 Å². The van der Waals surface area contributed by atoms with E-state index in [-0.39, 0.29) is 31.9 Å². The predicted octanol–water partition coefficient (Wildman–Crippen LogP) is 6.12. The summed E-state index contributed by atoms with van der Waals surface area (Å²) < 4.78 is 45.3. The Bertz CT molecular complexity index is 2130. The number of nitrogens with two attached hydrogens (primary N) is 1. The predicted molar refractivity (Wildman–Crippen MR) is 161 cm³/mol. The first kappa shape index (κ1) is 29.0. The van der Waals surface area contributed by atoms with Gasteiger partial charge in [0, 0.05) is 46.9 Å². The number of para-hydroxylation sites is 1. The van der Waals surface area contributed by atoms with Crippen molar-refractivity contribution < 1.29 is 22.8 Å². The highest BCUT2D eigenvalue weighted by atomic mass is 32.1. The number of carbonyl (C=O) groups is 2. The molecule has 0 saturated heterocycles. The molecule has 0 atom stereocenters. The van der Waals surface area contributed by atoms with Crippen molar-refractivity contribution in [3.05, 3.63) is 76.3 Å². The van der Waals surface area contributed by atoms with Gasteiger partial charge < -0.3 is 11.1 Å². The highest BCUT2D eigenvalue weighted by molar-refractivity contribution is 7.21. The van der Waals surface area contributed by atoms with Gasteiger partial charge in [0.15, 0.2) is 0 Å². The average Bonchev–Trinajstić information content (AvgIpc) is 3.66. The van der Waals surface area contributed by atoms with Gasteiger partial charge >= 0.3 is 6.18 Å². The Kier molecular flexibility index (Phi) is 6.95. The molecule has 0 fully saturated rings. The molecule has 0 aliphatic rings. The second-order valence-corrected chi connectivity index (χ2v) is 11.2. The lowest BCUT2D eigenvalue weighted by Crippen LogP contribution is -2.17. The van der Waals surface area contributed by atoms with Crippen LogP contribution in [0.4, 0.5) is 18.9 Å². The molecule has 5 heterocycles. The molecule has 6 rings (SSSR count). The maximum Gasteiger partial charge on any atom is 0.433 e. The van der Waals surface area contributed by atoms with Crippen molar-refractivity contribution in [2.24, 2.45) is 12.8 Å². The van der Waals surface area contributed by atoms with Crippen molar-refractivity contribution >= 4 is 50.0 Å². The largest absolute Gasteiger partial charge is 0.433 e. The normalized spacial score (nSPS) is 11.9. The molecule has 14 heteroatoms. The van der Waals surface area contributed by atoms with E-state index in [0.717, 1.165) is 17.3 Å². The van der Waals surface area contributed by atoms with Crippen LogP contribution in [-0.2, 0) is 19.8 Å². The van der Waals surface area contributed by atoms with Crippen LogP contribution in [0.3, 0.4) is 0 Å². The molecular weight excluding hydrogens is 593 g/mol. The van der Waals surface area contributed by atoms with Crippen LogP contribution in [0.5, 0.6) is 0 Å². The lowest BCUT2D eigenvalue weighted by molar-refractivity contribution is -0.140. The Balaban J connectivity index is 1.58. The van der Waals surface area contributed by atoms with E-state index < -0.39 is 23.7 Å². The molecule has 224 valence electrons. The zero-order valence-electron chi connectivity index (χ0n) is 23.9. The van der Waals surface area contributed by atoms with Gasteiger partial charge in [-0.1, -0.05) is 18.2 Å². The molecule has 1 aromatic carbocycles. The number of nitrogens with one attached hydrogen (secondary N) is 1. The number of hydrogen-bond acceptors (Lipinski definition) is 7. The zero-order chi connectivity index (χ0) is 31.5. The number of nitrogens with zero attached hydrogens (tertiary/aromatic N) is 6. The average molecular weight is 619 g/mol. The standard InChI is InChI=1S/C30H25F3N8O2S/c1-5-41-15(3)19(12-36-41)17-11-23(30(31,32)33)38-29-24(17)25(26(44-29)27(34)42)39-28(43)18-10-22(20-13-35-40(4)14(20)2)37-21-9-7-6-8-16(18)21/h6-13H,5H2,1-4H3,(H2,34,42)(H,39,43). The highest BCUT2D eigenvalue weighted by Gasteiger charge is 2.35. The summed E-state index contributed by atoms with van der Waals surface area (Å²) in [6.45, 7) is 5.95. The number of aryl methyl sites for hydroxylation is 2. The third-order valence-electron chi connectivity index (χ3n) is 7.58. The second kappa shape index (κ2) is 10.6. The van der Waals surface area contributed by atoms with Crippen molar-refractivity contribution in [2.45, 2.75) is 33.5 Å². The maximum absolute atomic E-state index is 14.1. The van der Waals surface area contributed by atoms with E-state index in [2.05, 4.69) is 20.5 Å². The molecule has 0 bridgehead atoms. The number of alkyl halides is 3. The van der Waals surface area contributed by atoms with Gasteiger partial charge in [0.25, 0.3) is 11.8 Å². The highest BCUT2D eigenvalue weighted by Crippen LogP contribution is 2.44.